The lowest BCUT2D eigenvalue weighted by Crippen LogP contribution is -2.41. The van der Waals surface area contributed by atoms with Crippen molar-refractivity contribution < 1.29 is 9.21 Å². The number of carbonyl (C=O) groups is 1. The van der Waals surface area contributed by atoms with Crippen molar-refractivity contribution in [3.05, 3.63) is 17.8 Å². The van der Waals surface area contributed by atoms with Crippen LogP contribution in [-0.4, -0.2) is 24.0 Å². The van der Waals surface area contributed by atoms with Crippen LogP contribution in [0.25, 0.3) is 0 Å². The molecule has 2 heterocycles. The van der Waals surface area contributed by atoms with Crippen molar-refractivity contribution in [1.82, 2.24) is 15.6 Å². The van der Waals surface area contributed by atoms with E-state index in [1.54, 1.807) is 6.20 Å². The third kappa shape index (κ3) is 2.49. The van der Waals surface area contributed by atoms with E-state index in [0.29, 0.717) is 5.89 Å². The summed E-state index contributed by atoms with van der Waals surface area (Å²) >= 11 is 0. The van der Waals surface area contributed by atoms with Crippen molar-refractivity contribution in [3.8, 4) is 0 Å². The molecule has 0 aromatic carbocycles. The first kappa shape index (κ1) is 12.1. The van der Waals surface area contributed by atoms with Gasteiger partial charge in [-0.2, -0.15) is 0 Å². The monoisotopic (exact) mass is 237 g/mol. The van der Waals surface area contributed by atoms with Gasteiger partial charge in [-0.05, 0) is 33.7 Å². The van der Waals surface area contributed by atoms with Crippen LogP contribution in [-0.2, 0) is 4.79 Å². The van der Waals surface area contributed by atoms with E-state index >= 15 is 0 Å². The highest BCUT2D eigenvalue weighted by atomic mass is 16.4. The Morgan fingerprint density at radius 1 is 1.71 bits per heavy atom. The van der Waals surface area contributed by atoms with Gasteiger partial charge in [0.15, 0.2) is 0 Å². The first-order valence-electron chi connectivity index (χ1n) is 5.95. The lowest BCUT2D eigenvalue weighted by Gasteiger charge is -2.23. The van der Waals surface area contributed by atoms with E-state index in [9.17, 15) is 4.79 Å². The molecule has 0 aliphatic carbocycles. The van der Waals surface area contributed by atoms with E-state index in [-0.39, 0.29) is 17.4 Å². The van der Waals surface area contributed by atoms with Gasteiger partial charge in [0.2, 0.25) is 11.8 Å². The van der Waals surface area contributed by atoms with Crippen molar-refractivity contribution in [3.63, 3.8) is 0 Å². The van der Waals surface area contributed by atoms with Crippen molar-refractivity contribution in [2.75, 3.05) is 13.1 Å². The fraction of sp³-hybridized carbons (Fsp3) is 0.667. The van der Waals surface area contributed by atoms with Crippen LogP contribution in [0.4, 0.5) is 0 Å². The number of carbonyl (C=O) groups excluding carboxylic acids is 1. The summed E-state index contributed by atoms with van der Waals surface area (Å²) in [6.45, 7) is 7.34. The summed E-state index contributed by atoms with van der Waals surface area (Å²) in [5.41, 5.74) is -0.310. The number of nitrogens with one attached hydrogen (secondary N) is 2. The molecule has 17 heavy (non-hydrogen) atoms. The quantitative estimate of drug-likeness (QED) is 0.828. The number of hydrogen-bond acceptors (Lipinski definition) is 4. The molecule has 0 saturated carbocycles. The number of oxazole rings is 1. The van der Waals surface area contributed by atoms with Crippen LogP contribution >= 0.6 is 0 Å². The lowest BCUT2D eigenvalue weighted by atomic mass is 9.88. The smallest absolute Gasteiger partial charge is 0.227 e. The lowest BCUT2D eigenvalue weighted by molar-refractivity contribution is -0.130. The Kier molecular flexibility index (Phi) is 3.19. The molecule has 0 radical (unpaired) electrons. The minimum absolute atomic E-state index is 0.0610. The van der Waals surface area contributed by atoms with Gasteiger partial charge in [0, 0.05) is 6.54 Å². The third-order valence-electron chi connectivity index (χ3n) is 3.27. The van der Waals surface area contributed by atoms with Gasteiger partial charge in [0.1, 0.15) is 11.8 Å². The molecular formula is C12H19N3O2. The first-order chi connectivity index (χ1) is 8.01. The maximum absolute atomic E-state index is 12.1. The van der Waals surface area contributed by atoms with Crippen LogP contribution in [0.2, 0.25) is 0 Å². The molecule has 1 aliphatic rings. The molecule has 2 rings (SSSR count). The number of aromatic nitrogens is 1. The van der Waals surface area contributed by atoms with E-state index in [4.69, 9.17) is 4.42 Å². The molecule has 94 valence electrons. The topological polar surface area (TPSA) is 67.2 Å². The van der Waals surface area contributed by atoms with Crippen molar-refractivity contribution in [1.29, 1.82) is 0 Å². The molecule has 2 atom stereocenters. The van der Waals surface area contributed by atoms with E-state index in [0.717, 1.165) is 25.3 Å². The molecule has 0 bridgehead atoms. The van der Waals surface area contributed by atoms with Gasteiger partial charge in [-0.3, -0.25) is 4.79 Å². The summed E-state index contributed by atoms with van der Waals surface area (Å²) in [6, 6.07) is -0.186. The number of aryl methyl sites for hydroxylation is 1. The molecule has 1 amide bonds. The second-order valence-corrected chi connectivity index (χ2v) is 4.99. The zero-order chi connectivity index (χ0) is 12.5. The van der Waals surface area contributed by atoms with Crippen LogP contribution in [0.1, 0.15) is 38.0 Å². The molecule has 1 aromatic heterocycles. The minimum atomic E-state index is -0.310. The summed E-state index contributed by atoms with van der Waals surface area (Å²) < 4.78 is 5.40. The molecule has 1 aromatic rings. The molecule has 1 aliphatic heterocycles. The van der Waals surface area contributed by atoms with Gasteiger partial charge in [-0.1, -0.05) is 0 Å². The van der Waals surface area contributed by atoms with Crippen molar-refractivity contribution in [2.24, 2.45) is 5.41 Å². The predicted molar refractivity (Wildman–Crippen MR) is 63.4 cm³/mol. The summed E-state index contributed by atoms with van der Waals surface area (Å²) in [7, 11) is 0. The Balaban J connectivity index is 1.99. The Hall–Kier alpha value is -1.36. The molecule has 1 saturated heterocycles. The predicted octanol–water partition coefficient (Wildman–Crippen LogP) is 1.16. The zero-order valence-electron chi connectivity index (χ0n) is 10.5. The average molecular weight is 237 g/mol. The third-order valence-corrected chi connectivity index (χ3v) is 3.27. The maximum atomic E-state index is 12.1. The van der Waals surface area contributed by atoms with Crippen LogP contribution in [0.3, 0.4) is 0 Å². The Labute approximate surface area is 101 Å². The molecule has 5 heteroatoms. The first-order valence-corrected chi connectivity index (χ1v) is 5.95. The molecule has 0 spiro atoms. The number of hydrogen-bond donors (Lipinski definition) is 2. The summed E-state index contributed by atoms with van der Waals surface area (Å²) in [5.74, 6) is 1.38. The number of rotatable bonds is 3. The van der Waals surface area contributed by atoms with E-state index < -0.39 is 0 Å². The molecular weight excluding hydrogens is 218 g/mol. The fourth-order valence-electron chi connectivity index (χ4n) is 2.02. The SMILES string of the molecule is Cc1cnc(C(C)NC(=O)C2(C)CCNC2)o1. The Morgan fingerprint density at radius 3 is 3.00 bits per heavy atom. The van der Waals surface area contributed by atoms with Crippen LogP contribution in [0, 0.1) is 12.3 Å². The Bertz CT molecular complexity index is 408. The van der Waals surface area contributed by atoms with Gasteiger partial charge in [0.25, 0.3) is 0 Å². The van der Waals surface area contributed by atoms with E-state index in [1.165, 1.54) is 0 Å². The van der Waals surface area contributed by atoms with Crippen LogP contribution in [0.15, 0.2) is 10.6 Å². The highest BCUT2D eigenvalue weighted by molar-refractivity contribution is 5.83. The highest BCUT2D eigenvalue weighted by Gasteiger charge is 2.37. The molecule has 1 fully saturated rings. The normalized spacial score (nSPS) is 25.8. The van der Waals surface area contributed by atoms with Gasteiger partial charge < -0.3 is 15.1 Å². The van der Waals surface area contributed by atoms with E-state index in [1.807, 2.05) is 20.8 Å². The van der Waals surface area contributed by atoms with Crippen LogP contribution in [0.5, 0.6) is 0 Å². The van der Waals surface area contributed by atoms with Crippen molar-refractivity contribution in [2.45, 2.75) is 33.2 Å². The standard InChI is InChI=1S/C12H19N3O2/c1-8-6-14-10(17-8)9(2)15-11(16)12(3)4-5-13-7-12/h6,9,13H,4-5,7H2,1-3H3,(H,15,16). The summed E-state index contributed by atoms with van der Waals surface area (Å²) in [6.07, 6.45) is 2.53. The average Bonchev–Trinajstić information content (AvgIpc) is 2.88. The number of nitrogens with zero attached hydrogens (tertiary/aromatic N) is 1. The minimum Gasteiger partial charge on any atom is -0.444 e. The second-order valence-electron chi connectivity index (χ2n) is 4.99. The largest absolute Gasteiger partial charge is 0.444 e. The Morgan fingerprint density at radius 2 is 2.47 bits per heavy atom. The fourth-order valence-corrected chi connectivity index (χ4v) is 2.02. The maximum Gasteiger partial charge on any atom is 0.227 e. The zero-order valence-corrected chi connectivity index (χ0v) is 10.5. The second kappa shape index (κ2) is 4.49. The molecule has 5 nitrogen and oxygen atoms in total. The van der Waals surface area contributed by atoms with Gasteiger partial charge >= 0.3 is 0 Å². The summed E-state index contributed by atoms with van der Waals surface area (Å²) in [4.78, 5) is 16.3. The van der Waals surface area contributed by atoms with Gasteiger partial charge in [0.05, 0.1) is 11.6 Å². The summed E-state index contributed by atoms with van der Waals surface area (Å²) in [5, 5.41) is 6.17. The van der Waals surface area contributed by atoms with Crippen LogP contribution < -0.4 is 10.6 Å². The van der Waals surface area contributed by atoms with E-state index in [2.05, 4.69) is 15.6 Å². The highest BCUT2D eigenvalue weighted by Crippen LogP contribution is 2.25. The van der Waals surface area contributed by atoms with Gasteiger partial charge in [-0.25, -0.2) is 4.98 Å². The van der Waals surface area contributed by atoms with Crippen molar-refractivity contribution >= 4 is 5.91 Å². The van der Waals surface area contributed by atoms with Gasteiger partial charge in [-0.15, -0.1) is 0 Å². The molecule has 2 N–H and O–H groups in total. The molecule has 2 unspecified atom stereocenters. The number of amides is 1.